The predicted octanol–water partition coefficient (Wildman–Crippen LogP) is 4.29. The van der Waals surface area contributed by atoms with Crippen LogP contribution < -0.4 is 10.1 Å². The van der Waals surface area contributed by atoms with Crippen LogP contribution in [0.4, 0.5) is 13.9 Å². The number of hydrogen-bond acceptors (Lipinski definition) is 7. The van der Waals surface area contributed by atoms with Crippen LogP contribution in [0.15, 0.2) is 52.9 Å². The van der Waals surface area contributed by atoms with Gasteiger partial charge >= 0.3 is 0 Å². The van der Waals surface area contributed by atoms with Gasteiger partial charge in [-0.3, -0.25) is 10.1 Å². The lowest BCUT2D eigenvalue weighted by molar-refractivity contribution is -0.123. The summed E-state index contributed by atoms with van der Waals surface area (Å²) >= 11 is 1.08. The van der Waals surface area contributed by atoms with Gasteiger partial charge in [0.2, 0.25) is 11.2 Å². The molecule has 1 N–H and O–H groups in total. The number of nitrogens with one attached hydrogen (secondary N) is 1. The molecule has 0 bridgehead atoms. The topological polar surface area (TPSA) is 98.2 Å². The summed E-state index contributed by atoms with van der Waals surface area (Å²) in [6.07, 6.45) is 1.68. The van der Waals surface area contributed by atoms with Crippen molar-refractivity contribution in [3.05, 3.63) is 65.2 Å². The van der Waals surface area contributed by atoms with E-state index in [2.05, 4.69) is 15.5 Å². The van der Waals surface area contributed by atoms with Crippen molar-refractivity contribution in [2.75, 3.05) is 5.32 Å². The van der Waals surface area contributed by atoms with Crippen LogP contribution in [0.2, 0.25) is 0 Å². The second-order valence-corrected chi connectivity index (χ2v) is 10.4. The van der Waals surface area contributed by atoms with Crippen LogP contribution in [0.3, 0.4) is 0 Å². The van der Waals surface area contributed by atoms with Gasteiger partial charge in [0, 0.05) is 11.6 Å². The number of benzene rings is 2. The molecule has 2 aromatic carbocycles. The zero-order valence-electron chi connectivity index (χ0n) is 16.7. The summed E-state index contributed by atoms with van der Waals surface area (Å²) in [6, 6.07) is 8.47. The highest BCUT2D eigenvalue weighted by Crippen LogP contribution is 2.31. The highest BCUT2D eigenvalue weighted by atomic mass is 32.2. The summed E-state index contributed by atoms with van der Waals surface area (Å²) in [5.41, 5.74) is 1.72. The molecule has 0 aliphatic heterocycles. The van der Waals surface area contributed by atoms with E-state index in [1.807, 2.05) is 0 Å². The minimum Gasteiger partial charge on any atom is -0.473 e. The second-order valence-electron chi connectivity index (χ2n) is 7.33. The smallest absolute Gasteiger partial charge is 0.272 e. The Morgan fingerprint density at radius 1 is 1.12 bits per heavy atom. The van der Waals surface area contributed by atoms with Crippen molar-refractivity contribution in [1.82, 2.24) is 10.2 Å². The fourth-order valence-corrected chi connectivity index (χ4v) is 5.89. The summed E-state index contributed by atoms with van der Waals surface area (Å²) in [7, 11) is -3.47. The third-order valence-corrected chi connectivity index (χ3v) is 8.10. The maximum atomic E-state index is 14.2. The first kappa shape index (κ1) is 22.3. The molecule has 1 aromatic heterocycles. The van der Waals surface area contributed by atoms with Crippen LogP contribution in [-0.4, -0.2) is 29.8 Å². The molecule has 1 fully saturated rings. The number of nitrogens with zero attached hydrogens (tertiary/aromatic N) is 2. The van der Waals surface area contributed by atoms with Crippen LogP contribution in [0.1, 0.15) is 37.4 Å². The van der Waals surface area contributed by atoms with Gasteiger partial charge in [0.1, 0.15) is 11.3 Å². The van der Waals surface area contributed by atoms with Crippen molar-refractivity contribution in [3.8, 4) is 5.75 Å². The number of aromatic nitrogens is 2. The molecule has 1 atom stereocenters. The Bertz CT molecular complexity index is 1200. The molecule has 7 nitrogen and oxygen atoms in total. The van der Waals surface area contributed by atoms with Gasteiger partial charge in [-0.25, -0.2) is 17.2 Å². The monoisotopic (exact) mass is 479 g/mol. The number of anilines is 1. The minimum absolute atomic E-state index is 0.157. The van der Waals surface area contributed by atoms with Gasteiger partial charge in [-0.15, -0.1) is 10.2 Å². The lowest BCUT2D eigenvalue weighted by Gasteiger charge is -2.19. The largest absolute Gasteiger partial charge is 0.473 e. The molecule has 168 valence electrons. The predicted molar refractivity (Wildman–Crippen MR) is 114 cm³/mol. The number of amides is 1. The molecule has 11 heteroatoms. The Morgan fingerprint density at radius 3 is 2.47 bits per heavy atom. The highest BCUT2D eigenvalue weighted by molar-refractivity contribution is 7.92. The number of ether oxygens (including phenoxy) is 1. The van der Waals surface area contributed by atoms with Gasteiger partial charge in [0.25, 0.3) is 5.91 Å². The van der Waals surface area contributed by atoms with Gasteiger partial charge < -0.3 is 4.74 Å². The number of rotatable bonds is 7. The summed E-state index contributed by atoms with van der Waals surface area (Å²) in [5, 5.41) is 9.70. The van der Waals surface area contributed by atoms with Crippen LogP contribution in [-0.2, 0) is 14.6 Å². The van der Waals surface area contributed by atoms with Crippen molar-refractivity contribution < 1.29 is 26.7 Å². The molecular weight excluding hydrogens is 460 g/mol. The Balaban J connectivity index is 1.63. The quantitative estimate of drug-likeness (QED) is 0.543. The number of hydrogen-bond donors (Lipinski definition) is 1. The second kappa shape index (κ2) is 9.29. The minimum atomic E-state index is -3.47. The van der Waals surface area contributed by atoms with Gasteiger partial charge in [-0.1, -0.05) is 36.3 Å². The first-order chi connectivity index (χ1) is 15.3. The van der Waals surface area contributed by atoms with E-state index in [1.165, 1.54) is 29.8 Å². The number of carbonyl (C=O) groups is 1. The summed E-state index contributed by atoms with van der Waals surface area (Å²) in [6.45, 7) is 0. The SMILES string of the molecule is O=C(Nc1nncs1)C(Oc1ccc(F)cc1F)c1ccc(S(=O)(=O)C2CCCC2)cc1. The molecule has 0 spiro atoms. The highest BCUT2D eigenvalue weighted by Gasteiger charge is 2.31. The average molecular weight is 480 g/mol. The van der Waals surface area contributed by atoms with Crippen LogP contribution in [0.5, 0.6) is 5.75 Å². The zero-order chi connectivity index (χ0) is 22.7. The molecule has 3 aromatic rings. The molecule has 1 aliphatic carbocycles. The Morgan fingerprint density at radius 2 is 1.84 bits per heavy atom. The van der Waals surface area contributed by atoms with Crippen LogP contribution >= 0.6 is 11.3 Å². The fourth-order valence-electron chi connectivity index (χ4n) is 3.59. The molecule has 0 radical (unpaired) electrons. The molecule has 1 heterocycles. The van der Waals surface area contributed by atoms with E-state index < -0.39 is 38.7 Å². The molecule has 32 heavy (non-hydrogen) atoms. The van der Waals surface area contributed by atoms with E-state index in [-0.39, 0.29) is 15.8 Å². The van der Waals surface area contributed by atoms with Crippen molar-refractivity contribution >= 4 is 32.2 Å². The molecule has 1 aliphatic rings. The number of carbonyl (C=O) groups excluding carboxylic acids is 1. The summed E-state index contributed by atoms with van der Waals surface area (Å²) in [4.78, 5) is 13.0. The van der Waals surface area contributed by atoms with Crippen molar-refractivity contribution in [2.24, 2.45) is 0 Å². The maximum Gasteiger partial charge on any atom is 0.272 e. The van der Waals surface area contributed by atoms with Gasteiger partial charge in [-0.05, 0) is 37.1 Å². The lowest BCUT2D eigenvalue weighted by Crippen LogP contribution is -2.26. The van der Waals surface area contributed by atoms with E-state index in [4.69, 9.17) is 4.74 Å². The average Bonchev–Trinajstić information content (AvgIpc) is 3.48. The molecule has 1 amide bonds. The Hall–Kier alpha value is -2.92. The molecule has 4 rings (SSSR count). The van der Waals surface area contributed by atoms with Gasteiger partial charge in [-0.2, -0.15) is 0 Å². The lowest BCUT2D eigenvalue weighted by atomic mass is 10.1. The van der Waals surface area contributed by atoms with E-state index in [9.17, 15) is 22.0 Å². The van der Waals surface area contributed by atoms with E-state index in [0.29, 0.717) is 24.5 Å². The number of sulfone groups is 1. The summed E-state index contributed by atoms with van der Waals surface area (Å²) in [5.74, 6) is -2.76. The number of halogens is 2. The Kier molecular flexibility index (Phi) is 6.47. The van der Waals surface area contributed by atoms with Crippen LogP contribution in [0.25, 0.3) is 0 Å². The van der Waals surface area contributed by atoms with Crippen molar-refractivity contribution in [1.29, 1.82) is 0 Å². The van der Waals surface area contributed by atoms with Gasteiger partial charge in [0.15, 0.2) is 21.4 Å². The van der Waals surface area contributed by atoms with Gasteiger partial charge in [0.05, 0.1) is 10.1 Å². The molecule has 0 saturated heterocycles. The normalized spacial score (nSPS) is 15.4. The first-order valence-electron chi connectivity index (χ1n) is 9.87. The van der Waals surface area contributed by atoms with E-state index >= 15 is 0 Å². The van der Waals surface area contributed by atoms with E-state index in [1.54, 1.807) is 0 Å². The third kappa shape index (κ3) is 4.78. The summed E-state index contributed by atoms with van der Waals surface area (Å²) < 4.78 is 58.6. The van der Waals surface area contributed by atoms with Crippen molar-refractivity contribution in [3.63, 3.8) is 0 Å². The standard InChI is InChI=1S/C21H19F2N3O4S2/c22-14-7-10-18(17(23)11-14)30-19(20(27)25-21-26-24-12-31-21)13-5-8-16(9-6-13)32(28,29)15-3-1-2-4-15/h5-12,15,19H,1-4H2,(H,25,26,27). The fraction of sp³-hybridized carbons (Fsp3) is 0.286. The molecule has 1 saturated carbocycles. The Labute approximate surface area is 187 Å². The van der Waals surface area contributed by atoms with E-state index in [0.717, 1.165) is 36.3 Å². The zero-order valence-corrected chi connectivity index (χ0v) is 18.3. The first-order valence-corrected chi connectivity index (χ1v) is 12.3. The molecule has 1 unspecified atom stereocenters. The molecular formula is C21H19F2N3O4S2. The van der Waals surface area contributed by atoms with Crippen molar-refractivity contribution in [2.45, 2.75) is 41.9 Å². The maximum absolute atomic E-state index is 14.2. The van der Waals surface area contributed by atoms with Crippen LogP contribution in [0, 0.1) is 11.6 Å². The third-order valence-electron chi connectivity index (χ3n) is 5.22.